The number of hydrogen-bond acceptors (Lipinski definition) is 1. The van der Waals surface area contributed by atoms with E-state index in [4.69, 9.17) is 11.6 Å². The summed E-state index contributed by atoms with van der Waals surface area (Å²) < 4.78 is 0. The molecule has 1 fully saturated rings. The Bertz CT molecular complexity index is 384. The van der Waals surface area contributed by atoms with Gasteiger partial charge in [0.2, 0.25) is 0 Å². The van der Waals surface area contributed by atoms with Crippen LogP contribution in [0.5, 0.6) is 0 Å². The zero-order valence-corrected chi connectivity index (χ0v) is 10.7. The molecular formula is C14H18ClNO. The van der Waals surface area contributed by atoms with Crippen LogP contribution in [0.3, 0.4) is 0 Å². The molecule has 0 atom stereocenters. The van der Waals surface area contributed by atoms with E-state index in [2.05, 4.69) is 0 Å². The van der Waals surface area contributed by atoms with E-state index < -0.39 is 0 Å². The number of halogens is 1. The van der Waals surface area contributed by atoms with Gasteiger partial charge in [0.05, 0.1) is 0 Å². The number of rotatable bonds is 2. The minimum absolute atomic E-state index is 0.152. The first-order chi connectivity index (χ1) is 8.31. The molecule has 3 heteroatoms. The van der Waals surface area contributed by atoms with Crippen LogP contribution in [0.25, 0.3) is 0 Å². The predicted octanol–water partition coefficient (Wildman–Crippen LogP) is 3.44. The van der Waals surface area contributed by atoms with Crippen LogP contribution >= 0.6 is 11.6 Å². The summed E-state index contributed by atoms with van der Waals surface area (Å²) >= 11 is 5.79. The Hall–Kier alpha value is -1.02. The normalized spacial score (nSPS) is 16.6. The third kappa shape index (κ3) is 3.22. The van der Waals surface area contributed by atoms with E-state index >= 15 is 0 Å². The zero-order chi connectivity index (χ0) is 12.1. The van der Waals surface area contributed by atoms with Crippen LogP contribution in [0, 0.1) is 0 Å². The van der Waals surface area contributed by atoms with Crippen LogP contribution in [0.15, 0.2) is 24.3 Å². The molecule has 0 radical (unpaired) electrons. The number of hydrogen-bond donors (Lipinski definition) is 0. The van der Waals surface area contributed by atoms with E-state index in [1.54, 1.807) is 0 Å². The fourth-order valence-electron chi connectivity index (χ4n) is 2.24. The van der Waals surface area contributed by atoms with Gasteiger partial charge in [-0.1, -0.05) is 25.0 Å². The van der Waals surface area contributed by atoms with Crippen molar-refractivity contribution in [1.29, 1.82) is 0 Å². The third-order valence-corrected chi connectivity index (χ3v) is 3.53. The third-order valence-electron chi connectivity index (χ3n) is 3.22. The van der Waals surface area contributed by atoms with Crippen LogP contribution < -0.4 is 0 Å². The quantitative estimate of drug-likeness (QED) is 0.738. The van der Waals surface area contributed by atoms with E-state index in [1.165, 1.54) is 12.8 Å². The van der Waals surface area contributed by atoms with Gasteiger partial charge in [-0.15, -0.1) is 11.6 Å². The van der Waals surface area contributed by atoms with E-state index in [0.29, 0.717) is 5.88 Å². The van der Waals surface area contributed by atoms with Gasteiger partial charge in [-0.3, -0.25) is 4.79 Å². The molecule has 1 aliphatic heterocycles. The molecule has 2 rings (SSSR count). The highest BCUT2D eigenvalue weighted by Gasteiger charge is 2.17. The van der Waals surface area contributed by atoms with Gasteiger partial charge in [0.15, 0.2) is 0 Å². The maximum absolute atomic E-state index is 12.3. The van der Waals surface area contributed by atoms with Crippen molar-refractivity contribution in [1.82, 2.24) is 4.90 Å². The summed E-state index contributed by atoms with van der Waals surface area (Å²) in [5, 5.41) is 0. The Balaban J connectivity index is 2.11. The fraction of sp³-hybridized carbons (Fsp3) is 0.500. The average Bonchev–Trinajstić information content (AvgIpc) is 2.67. The number of nitrogens with zero attached hydrogens (tertiary/aromatic N) is 1. The first kappa shape index (κ1) is 12.4. The first-order valence-electron chi connectivity index (χ1n) is 6.25. The molecule has 1 aromatic carbocycles. The maximum atomic E-state index is 12.3. The summed E-state index contributed by atoms with van der Waals surface area (Å²) in [5.74, 6) is 0.611. The second kappa shape index (κ2) is 6.06. The minimum atomic E-state index is 0.152. The smallest absolute Gasteiger partial charge is 0.253 e. The number of likely N-dealkylation sites (tertiary alicyclic amines) is 1. The minimum Gasteiger partial charge on any atom is -0.339 e. The van der Waals surface area contributed by atoms with Crippen molar-refractivity contribution in [3.05, 3.63) is 35.4 Å². The summed E-state index contributed by atoms with van der Waals surface area (Å²) in [5.41, 5.74) is 1.78. The number of carbonyl (C=O) groups is 1. The lowest BCUT2D eigenvalue weighted by Crippen LogP contribution is -2.31. The number of amides is 1. The van der Waals surface area contributed by atoms with Crippen LogP contribution in [-0.2, 0) is 5.88 Å². The fourth-order valence-corrected chi connectivity index (χ4v) is 2.41. The highest BCUT2D eigenvalue weighted by molar-refractivity contribution is 6.17. The van der Waals surface area contributed by atoms with Gasteiger partial charge in [0.1, 0.15) is 0 Å². The van der Waals surface area contributed by atoms with E-state index in [0.717, 1.165) is 37.1 Å². The Morgan fingerprint density at radius 1 is 1.18 bits per heavy atom. The van der Waals surface area contributed by atoms with E-state index in [-0.39, 0.29) is 5.91 Å². The molecule has 0 spiro atoms. The molecule has 0 aliphatic carbocycles. The Kier molecular flexibility index (Phi) is 4.43. The lowest BCUT2D eigenvalue weighted by molar-refractivity contribution is 0.0761. The van der Waals surface area contributed by atoms with Crippen molar-refractivity contribution < 1.29 is 4.79 Å². The summed E-state index contributed by atoms with van der Waals surface area (Å²) in [6.07, 6.45) is 4.73. The average molecular weight is 252 g/mol. The molecular weight excluding hydrogens is 234 g/mol. The van der Waals surface area contributed by atoms with Crippen molar-refractivity contribution >= 4 is 17.5 Å². The Labute approximate surface area is 108 Å². The van der Waals surface area contributed by atoms with Gasteiger partial charge < -0.3 is 4.90 Å². The number of alkyl halides is 1. The lowest BCUT2D eigenvalue weighted by atomic mass is 10.1. The molecule has 17 heavy (non-hydrogen) atoms. The topological polar surface area (TPSA) is 20.3 Å². The predicted molar refractivity (Wildman–Crippen MR) is 70.4 cm³/mol. The molecule has 1 aromatic rings. The Morgan fingerprint density at radius 2 is 1.88 bits per heavy atom. The summed E-state index contributed by atoms with van der Waals surface area (Å²) in [6, 6.07) is 7.64. The van der Waals surface area contributed by atoms with Crippen molar-refractivity contribution in [2.45, 2.75) is 31.6 Å². The molecule has 2 nitrogen and oxygen atoms in total. The largest absolute Gasteiger partial charge is 0.339 e. The number of carbonyl (C=O) groups excluding carboxylic acids is 1. The van der Waals surface area contributed by atoms with Crippen LogP contribution in [0.1, 0.15) is 41.6 Å². The maximum Gasteiger partial charge on any atom is 0.253 e. The molecule has 0 N–H and O–H groups in total. The van der Waals surface area contributed by atoms with Crippen LogP contribution in [0.2, 0.25) is 0 Å². The van der Waals surface area contributed by atoms with Gasteiger partial charge in [0, 0.05) is 24.5 Å². The molecule has 1 aliphatic rings. The van der Waals surface area contributed by atoms with E-state index in [9.17, 15) is 4.79 Å². The van der Waals surface area contributed by atoms with Gasteiger partial charge in [-0.25, -0.2) is 0 Å². The highest BCUT2D eigenvalue weighted by Crippen LogP contribution is 2.15. The SMILES string of the molecule is O=C(c1cccc(CCl)c1)N1CCCCCC1. The number of benzene rings is 1. The van der Waals surface area contributed by atoms with Crippen LogP contribution in [0.4, 0.5) is 0 Å². The van der Waals surface area contributed by atoms with Gasteiger partial charge in [0.25, 0.3) is 5.91 Å². The van der Waals surface area contributed by atoms with Crippen molar-refractivity contribution in [3.63, 3.8) is 0 Å². The highest BCUT2D eigenvalue weighted by atomic mass is 35.5. The van der Waals surface area contributed by atoms with Crippen molar-refractivity contribution in [2.75, 3.05) is 13.1 Å². The van der Waals surface area contributed by atoms with Crippen LogP contribution in [-0.4, -0.2) is 23.9 Å². The molecule has 0 bridgehead atoms. The van der Waals surface area contributed by atoms with Crippen molar-refractivity contribution in [2.24, 2.45) is 0 Å². The van der Waals surface area contributed by atoms with E-state index in [1.807, 2.05) is 29.2 Å². The van der Waals surface area contributed by atoms with Gasteiger partial charge in [-0.05, 0) is 30.5 Å². The second-order valence-electron chi connectivity index (χ2n) is 4.54. The second-order valence-corrected chi connectivity index (χ2v) is 4.81. The molecule has 1 saturated heterocycles. The molecule has 92 valence electrons. The summed E-state index contributed by atoms with van der Waals surface area (Å²) in [7, 11) is 0. The zero-order valence-electron chi connectivity index (χ0n) is 9.99. The molecule has 0 unspecified atom stereocenters. The van der Waals surface area contributed by atoms with Gasteiger partial charge in [-0.2, -0.15) is 0 Å². The summed E-state index contributed by atoms with van der Waals surface area (Å²) in [4.78, 5) is 14.3. The Morgan fingerprint density at radius 3 is 2.53 bits per heavy atom. The molecule has 1 amide bonds. The molecule has 0 aromatic heterocycles. The molecule has 1 heterocycles. The monoisotopic (exact) mass is 251 g/mol. The lowest BCUT2D eigenvalue weighted by Gasteiger charge is -2.20. The van der Waals surface area contributed by atoms with Gasteiger partial charge >= 0.3 is 0 Å². The standard InChI is InChI=1S/C14H18ClNO/c15-11-12-6-5-7-13(10-12)14(17)16-8-3-1-2-4-9-16/h5-7,10H,1-4,8-9,11H2. The molecule has 0 saturated carbocycles. The first-order valence-corrected chi connectivity index (χ1v) is 6.79. The van der Waals surface area contributed by atoms with Crippen molar-refractivity contribution in [3.8, 4) is 0 Å². The summed E-state index contributed by atoms with van der Waals surface area (Å²) in [6.45, 7) is 1.79.